The van der Waals surface area contributed by atoms with Crippen molar-refractivity contribution < 1.29 is 4.79 Å². The molecule has 1 aromatic carbocycles. The number of rotatable bonds is 2. The normalized spacial score (nSPS) is 23.5. The molecule has 0 N–H and O–H groups in total. The van der Waals surface area contributed by atoms with Crippen LogP contribution in [0.4, 0.5) is 0 Å². The molecule has 0 radical (unpaired) electrons. The second-order valence-corrected chi connectivity index (χ2v) is 7.39. The number of carbonyl (C=O) groups excluding carboxylic acids is 1. The van der Waals surface area contributed by atoms with Gasteiger partial charge in [0.1, 0.15) is 0 Å². The summed E-state index contributed by atoms with van der Waals surface area (Å²) in [6, 6.07) is 14.7. The summed E-state index contributed by atoms with van der Waals surface area (Å²) in [5, 5.41) is 0. The van der Waals surface area contributed by atoms with Gasteiger partial charge < -0.3 is 4.90 Å². The SMILES string of the molecule is CC(=O)N1Cc2ccccc2CC2(CCCN2Cc2ccccn2)C1. The standard InChI is InChI=1S/C21H25N3O/c1-17(25)23-14-19-8-3-2-7-18(19)13-21(16-23)10-6-12-24(21)15-20-9-4-5-11-22-20/h2-5,7-9,11H,6,10,12-16H2,1H3. The van der Waals surface area contributed by atoms with Crippen LogP contribution in [0.15, 0.2) is 48.7 Å². The van der Waals surface area contributed by atoms with Gasteiger partial charge >= 0.3 is 0 Å². The molecule has 0 saturated carbocycles. The molecular weight excluding hydrogens is 310 g/mol. The Bertz CT molecular complexity index is 761. The second-order valence-electron chi connectivity index (χ2n) is 7.39. The predicted molar refractivity (Wildman–Crippen MR) is 97.8 cm³/mol. The van der Waals surface area contributed by atoms with Crippen molar-refractivity contribution in [2.24, 2.45) is 0 Å². The first kappa shape index (κ1) is 16.3. The fourth-order valence-electron chi connectivity index (χ4n) is 4.44. The summed E-state index contributed by atoms with van der Waals surface area (Å²) in [5.74, 6) is 0.167. The molecule has 4 nitrogen and oxygen atoms in total. The zero-order chi connectivity index (χ0) is 17.3. The molecule has 1 aromatic heterocycles. The molecule has 0 aliphatic carbocycles. The number of pyridine rings is 1. The van der Waals surface area contributed by atoms with Crippen LogP contribution in [0.5, 0.6) is 0 Å². The number of fused-ring (bicyclic) bond motifs is 1. The highest BCUT2D eigenvalue weighted by Crippen LogP contribution is 2.38. The Labute approximate surface area is 149 Å². The van der Waals surface area contributed by atoms with E-state index in [9.17, 15) is 4.79 Å². The number of hydrogen-bond acceptors (Lipinski definition) is 3. The molecule has 25 heavy (non-hydrogen) atoms. The summed E-state index contributed by atoms with van der Waals surface area (Å²) in [6.07, 6.45) is 5.20. The summed E-state index contributed by atoms with van der Waals surface area (Å²) in [4.78, 5) is 21.4. The first-order valence-electron chi connectivity index (χ1n) is 9.14. The van der Waals surface area contributed by atoms with Crippen LogP contribution in [0.2, 0.25) is 0 Å². The van der Waals surface area contributed by atoms with Crippen molar-refractivity contribution in [3.05, 3.63) is 65.5 Å². The second kappa shape index (κ2) is 6.60. The van der Waals surface area contributed by atoms with E-state index in [4.69, 9.17) is 0 Å². The summed E-state index contributed by atoms with van der Waals surface area (Å²) >= 11 is 0. The fourth-order valence-corrected chi connectivity index (χ4v) is 4.44. The maximum Gasteiger partial charge on any atom is 0.219 e. The molecule has 130 valence electrons. The summed E-state index contributed by atoms with van der Waals surface area (Å²) in [7, 11) is 0. The highest BCUT2D eigenvalue weighted by Gasteiger charge is 2.44. The molecule has 4 heteroatoms. The van der Waals surface area contributed by atoms with E-state index in [1.165, 1.54) is 17.5 Å². The number of nitrogens with zero attached hydrogens (tertiary/aromatic N) is 3. The van der Waals surface area contributed by atoms with Gasteiger partial charge in [-0.25, -0.2) is 0 Å². The van der Waals surface area contributed by atoms with Crippen molar-refractivity contribution in [3.63, 3.8) is 0 Å². The van der Waals surface area contributed by atoms with Gasteiger partial charge in [-0.05, 0) is 49.1 Å². The molecule has 2 aliphatic rings. The monoisotopic (exact) mass is 335 g/mol. The molecule has 0 bridgehead atoms. The minimum atomic E-state index is 0.0236. The Morgan fingerprint density at radius 3 is 2.72 bits per heavy atom. The topological polar surface area (TPSA) is 36.4 Å². The quantitative estimate of drug-likeness (QED) is 0.846. The van der Waals surface area contributed by atoms with Crippen LogP contribution in [-0.4, -0.2) is 39.3 Å². The number of carbonyl (C=O) groups is 1. The average Bonchev–Trinajstić information content (AvgIpc) is 2.89. The van der Waals surface area contributed by atoms with Gasteiger partial charge in [0.2, 0.25) is 5.91 Å². The highest BCUT2D eigenvalue weighted by molar-refractivity contribution is 5.73. The maximum absolute atomic E-state index is 12.3. The lowest BCUT2D eigenvalue weighted by Crippen LogP contribution is -2.52. The predicted octanol–water partition coefficient (Wildman–Crippen LogP) is 3.02. The van der Waals surface area contributed by atoms with Crippen molar-refractivity contribution >= 4 is 5.91 Å². The fraction of sp³-hybridized carbons (Fsp3) is 0.429. The molecule has 3 heterocycles. The van der Waals surface area contributed by atoms with Crippen molar-refractivity contribution in [1.82, 2.24) is 14.8 Å². The van der Waals surface area contributed by atoms with E-state index in [0.29, 0.717) is 0 Å². The molecule has 2 aliphatic heterocycles. The zero-order valence-corrected chi connectivity index (χ0v) is 14.8. The molecule has 1 fully saturated rings. The highest BCUT2D eigenvalue weighted by atomic mass is 16.2. The lowest BCUT2D eigenvalue weighted by atomic mass is 9.87. The van der Waals surface area contributed by atoms with Crippen molar-refractivity contribution in [2.45, 2.75) is 44.8 Å². The van der Waals surface area contributed by atoms with Gasteiger partial charge in [0, 0.05) is 38.3 Å². The lowest BCUT2D eigenvalue weighted by molar-refractivity contribution is -0.131. The zero-order valence-electron chi connectivity index (χ0n) is 14.8. The van der Waals surface area contributed by atoms with E-state index in [1.807, 2.05) is 17.2 Å². The van der Waals surface area contributed by atoms with Gasteiger partial charge in [0.25, 0.3) is 0 Å². The minimum absolute atomic E-state index is 0.0236. The van der Waals surface area contributed by atoms with Crippen molar-refractivity contribution in [3.8, 4) is 0 Å². The van der Waals surface area contributed by atoms with Crippen LogP contribution in [0, 0.1) is 0 Å². The summed E-state index contributed by atoms with van der Waals surface area (Å²) in [5.41, 5.74) is 3.81. The molecule has 2 aromatic rings. The van der Waals surface area contributed by atoms with E-state index in [-0.39, 0.29) is 11.4 Å². The third-order valence-electron chi connectivity index (χ3n) is 5.75. The van der Waals surface area contributed by atoms with Crippen LogP contribution in [0.25, 0.3) is 0 Å². The molecular formula is C21H25N3O. The van der Waals surface area contributed by atoms with Gasteiger partial charge in [-0.1, -0.05) is 30.3 Å². The van der Waals surface area contributed by atoms with Gasteiger partial charge in [0.15, 0.2) is 0 Å². The Morgan fingerprint density at radius 1 is 1.16 bits per heavy atom. The van der Waals surface area contributed by atoms with Crippen LogP contribution in [0.1, 0.15) is 36.6 Å². The largest absolute Gasteiger partial charge is 0.337 e. The van der Waals surface area contributed by atoms with Crippen LogP contribution >= 0.6 is 0 Å². The molecule has 1 amide bonds. The van der Waals surface area contributed by atoms with E-state index < -0.39 is 0 Å². The Morgan fingerprint density at radius 2 is 1.96 bits per heavy atom. The maximum atomic E-state index is 12.3. The van der Waals surface area contributed by atoms with Gasteiger partial charge in [0.05, 0.1) is 5.69 Å². The van der Waals surface area contributed by atoms with Gasteiger partial charge in [-0.2, -0.15) is 0 Å². The number of likely N-dealkylation sites (tertiary alicyclic amines) is 1. The number of benzene rings is 1. The van der Waals surface area contributed by atoms with E-state index in [1.54, 1.807) is 6.92 Å². The Kier molecular flexibility index (Phi) is 4.30. The third kappa shape index (κ3) is 3.19. The van der Waals surface area contributed by atoms with Crippen LogP contribution < -0.4 is 0 Å². The summed E-state index contributed by atoms with van der Waals surface area (Å²) < 4.78 is 0. The third-order valence-corrected chi connectivity index (χ3v) is 5.75. The molecule has 1 saturated heterocycles. The average molecular weight is 335 g/mol. The van der Waals surface area contributed by atoms with Gasteiger partial charge in [-0.3, -0.25) is 14.7 Å². The van der Waals surface area contributed by atoms with Crippen molar-refractivity contribution in [2.75, 3.05) is 13.1 Å². The van der Waals surface area contributed by atoms with E-state index >= 15 is 0 Å². The molecule has 1 unspecified atom stereocenters. The number of amides is 1. The smallest absolute Gasteiger partial charge is 0.219 e. The van der Waals surface area contributed by atoms with E-state index in [0.717, 1.165) is 44.7 Å². The number of hydrogen-bond donors (Lipinski definition) is 0. The van der Waals surface area contributed by atoms with Crippen LogP contribution in [-0.2, 0) is 24.3 Å². The molecule has 4 rings (SSSR count). The first-order chi connectivity index (χ1) is 12.2. The van der Waals surface area contributed by atoms with Crippen molar-refractivity contribution in [1.29, 1.82) is 0 Å². The number of aromatic nitrogens is 1. The molecule has 1 spiro atoms. The Hall–Kier alpha value is -2.20. The van der Waals surface area contributed by atoms with E-state index in [2.05, 4.69) is 46.3 Å². The van der Waals surface area contributed by atoms with Crippen LogP contribution in [0.3, 0.4) is 0 Å². The Balaban J connectivity index is 1.69. The minimum Gasteiger partial charge on any atom is -0.337 e. The lowest BCUT2D eigenvalue weighted by Gasteiger charge is -2.40. The first-order valence-corrected chi connectivity index (χ1v) is 9.14. The summed E-state index contributed by atoms with van der Waals surface area (Å²) in [6.45, 7) is 5.16. The molecule has 1 atom stereocenters. The van der Waals surface area contributed by atoms with Gasteiger partial charge in [-0.15, -0.1) is 0 Å².